The summed E-state index contributed by atoms with van der Waals surface area (Å²) in [6.07, 6.45) is 1.47. The highest BCUT2D eigenvalue weighted by atomic mass is 127. The molecule has 0 aromatic heterocycles. The molecule has 1 aliphatic heterocycles. The minimum atomic E-state index is -0.779. The first-order chi connectivity index (χ1) is 22.1. The van der Waals surface area contributed by atoms with Crippen LogP contribution in [-0.4, -0.2) is 51.6 Å². The highest BCUT2D eigenvalue weighted by molar-refractivity contribution is 14.1. The predicted molar refractivity (Wildman–Crippen MR) is 179 cm³/mol. The normalized spacial score (nSPS) is 14.3. The van der Waals surface area contributed by atoms with Crippen molar-refractivity contribution in [3.8, 4) is 23.0 Å². The van der Waals surface area contributed by atoms with Crippen molar-refractivity contribution in [2.75, 3.05) is 27.4 Å². The van der Waals surface area contributed by atoms with Gasteiger partial charge in [-0.15, -0.1) is 0 Å². The van der Waals surface area contributed by atoms with Gasteiger partial charge < -0.3 is 34.3 Å². The summed E-state index contributed by atoms with van der Waals surface area (Å²) in [6, 6.07) is 14.6. The average molecular weight is 763 g/mol. The molecule has 0 aliphatic carbocycles. The maximum absolute atomic E-state index is 12.6. The van der Waals surface area contributed by atoms with E-state index in [1.165, 1.54) is 20.4 Å². The molecule has 0 saturated heterocycles. The van der Waals surface area contributed by atoms with Gasteiger partial charge in [0.25, 0.3) is 5.91 Å². The Morgan fingerprint density at radius 1 is 1.04 bits per heavy atom. The SMILES string of the molecule is CCOC(=O)C1=C(C)NC(=O)N[C@H]1c1ccc(OCC(=O)N/N=C/c2cc(I)c(OCc3cccc(Cl)c3)c(OC)c2)c(OC)c1. The van der Waals surface area contributed by atoms with Gasteiger partial charge in [0.1, 0.15) is 6.61 Å². The van der Waals surface area contributed by atoms with Gasteiger partial charge in [0.2, 0.25) is 0 Å². The molecule has 4 rings (SSSR count). The fourth-order valence-corrected chi connectivity index (χ4v) is 5.49. The summed E-state index contributed by atoms with van der Waals surface area (Å²) in [5.74, 6) is 0.575. The van der Waals surface area contributed by atoms with Crippen LogP contribution in [0.25, 0.3) is 0 Å². The van der Waals surface area contributed by atoms with Crippen molar-refractivity contribution in [1.29, 1.82) is 0 Å². The van der Waals surface area contributed by atoms with Crippen LogP contribution in [-0.2, 0) is 20.9 Å². The number of hydrogen-bond acceptors (Lipinski definition) is 9. The maximum Gasteiger partial charge on any atom is 0.338 e. The number of urea groups is 1. The number of hydrazone groups is 1. The minimum Gasteiger partial charge on any atom is -0.493 e. The van der Waals surface area contributed by atoms with Gasteiger partial charge in [0.05, 0.1) is 42.2 Å². The number of esters is 1. The van der Waals surface area contributed by atoms with Gasteiger partial charge in [-0.3, -0.25) is 4.79 Å². The number of nitrogens with one attached hydrogen (secondary N) is 3. The summed E-state index contributed by atoms with van der Waals surface area (Å²) in [4.78, 5) is 37.3. The Bertz CT molecular complexity index is 1680. The molecule has 3 aromatic rings. The van der Waals surface area contributed by atoms with Crippen LogP contribution in [0, 0.1) is 3.57 Å². The lowest BCUT2D eigenvalue weighted by molar-refractivity contribution is -0.139. The fourth-order valence-electron chi connectivity index (χ4n) is 4.50. The highest BCUT2D eigenvalue weighted by Gasteiger charge is 2.32. The summed E-state index contributed by atoms with van der Waals surface area (Å²) in [5.41, 5.74) is 5.23. The van der Waals surface area contributed by atoms with Gasteiger partial charge in [-0.25, -0.2) is 15.0 Å². The number of amides is 3. The number of halogens is 2. The molecule has 0 bridgehead atoms. The first-order valence-corrected chi connectivity index (χ1v) is 15.4. The van der Waals surface area contributed by atoms with E-state index in [2.05, 4.69) is 43.8 Å². The quantitative estimate of drug-likeness (QED) is 0.0926. The van der Waals surface area contributed by atoms with Crippen molar-refractivity contribution in [1.82, 2.24) is 16.1 Å². The molecule has 14 heteroatoms. The van der Waals surface area contributed by atoms with E-state index in [-0.39, 0.29) is 24.5 Å². The Morgan fingerprint density at radius 3 is 2.54 bits per heavy atom. The summed E-state index contributed by atoms with van der Waals surface area (Å²) >= 11 is 8.21. The first kappa shape index (κ1) is 34.4. The number of allylic oxidation sites excluding steroid dienone is 1. The number of ether oxygens (including phenoxy) is 5. The molecular weight excluding hydrogens is 731 g/mol. The molecule has 0 radical (unpaired) electrons. The Kier molecular flexibility index (Phi) is 12.1. The lowest BCUT2D eigenvalue weighted by atomic mass is 9.95. The molecule has 3 amide bonds. The van der Waals surface area contributed by atoms with E-state index in [0.29, 0.717) is 45.7 Å². The van der Waals surface area contributed by atoms with Crippen LogP contribution in [0.1, 0.15) is 36.6 Å². The van der Waals surface area contributed by atoms with E-state index in [9.17, 15) is 14.4 Å². The molecule has 1 aliphatic rings. The zero-order chi connectivity index (χ0) is 33.2. The smallest absolute Gasteiger partial charge is 0.338 e. The van der Waals surface area contributed by atoms with E-state index >= 15 is 0 Å². The van der Waals surface area contributed by atoms with E-state index in [1.54, 1.807) is 44.2 Å². The average Bonchev–Trinajstić information content (AvgIpc) is 3.02. The van der Waals surface area contributed by atoms with Gasteiger partial charge in [-0.2, -0.15) is 5.10 Å². The summed E-state index contributed by atoms with van der Waals surface area (Å²) in [7, 11) is 2.98. The molecule has 12 nitrogen and oxygen atoms in total. The van der Waals surface area contributed by atoms with Gasteiger partial charge in [0.15, 0.2) is 29.6 Å². The van der Waals surface area contributed by atoms with Crippen LogP contribution >= 0.6 is 34.2 Å². The summed E-state index contributed by atoms with van der Waals surface area (Å²) < 4.78 is 28.6. The van der Waals surface area contributed by atoms with Crippen molar-refractivity contribution >= 4 is 58.3 Å². The predicted octanol–water partition coefficient (Wildman–Crippen LogP) is 5.26. The number of nitrogens with zero attached hydrogens (tertiary/aromatic N) is 1. The van der Waals surface area contributed by atoms with E-state index in [1.807, 2.05) is 24.3 Å². The third-order valence-electron chi connectivity index (χ3n) is 6.57. The molecule has 46 heavy (non-hydrogen) atoms. The molecule has 242 valence electrons. The fraction of sp³-hybridized carbons (Fsp3) is 0.250. The Balaban J connectivity index is 1.37. The Morgan fingerprint density at radius 2 is 1.83 bits per heavy atom. The molecule has 3 N–H and O–H groups in total. The molecule has 1 heterocycles. The van der Waals surface area contributed by atoms with Crippen molar-refractivity contribution in [2.24, 2.45) is 5.10 Å². The van der Waals surface area contributed by atoms with Crippen molar-refractivity contribution in [2.45, 2.75) is 26.5 Å². The number of methoxy groups -OCH3 is 2. The molecule has 0 unspecified atom stereocenters. The lowest BCUT2D eigenvalue weighted by Crippen LogP contribution is -2.45. The van der Waals surface area contributed by atoms with Crippen LogP contribution in [0.15, 0.2) is 71.0 Å². The van der Waals surface area contributed by atoms with Crippen LogP contribution in [0.5, 0.6) is 23.0 Å². The largest absolute Gasteiger partial charge is 0.493 e. The van der Waals surface area contributed by atoms with Crippen LogP contribution < -0.4 is 35.0 Å². The second kappa shape index (κ2) is 16.2. The molecule has 0 spiro atoms. The van der Waals surface area contributed by atoms with Gasteiger partial charge in [-0.1, -0.05) is 29.8 Å². The lowest BCUT2D eigenvalue weighted by Gasteiger charge is -2.28. The molecule has 0 fully saturated rings. The van der Waals surface area contributed by atoms with Crippen LogP contribution in [0.4, 0.5) is 4.79 Å². The zero-order valence-corrected chi connectivity index (χ0v) is 28.4. The monoisotopic (exact) mass is 762 g/mol. The first-order valence-electron chi connectivity index (χ1n) is 14.0. The van der Waals surface area contributed by atoms with Crippen molar-refractivity contribution in [3.05, 3.63) is 91.2 Å². The summed E-state index contributed by atoms with van der Waals surface area (Å²) in [5, 5.41) is 9.98. The van der Waals surface area contributed by atoms with Crippen LogP contribution in [0.2, 0.25) is 5.02 Å². The third kappa shape index (κ3) is 8.81. The number of carbonyl (C=O) groups excluding carboxylic acids is 3. The Hall–Kier alpha value is -4.50. The third-order valence-corrected chi connectivity index (χ3v) is 7.61. The van der Waals surface area contributed by atoms with E-state index in [4.69, 9.17) is 35.3 Å². The van der Waals surface area contributed by atoms with Gasteiger partial charge in [0, 0.05) is 10.7 Å². The van der Waals surface area contributed by atoms with Crippen molar-refractivity contribution < 1.29 is 38.1 Å². The standard InChI is InChI=1S/C32H32ClIN4O8/c1-5-44-31(40)28-18(2)36-32(41)37-29(28)21-9-10-24(25(14-21)42-3)45-17-27(39)38-35-15-20-12-23(34)30(26(13-20)43-4)46-16-19-7-6-8-22(33)11-19/h6-15,29H,5,16-17H2,1-4H3,(H,38,39)(H2,36,37,41)/b35-15+/t29-/m0/s1. The molecular formula is C32H32ClIN4O8. The van der Waals surface area contributed by atoms with Gasteiger partial charge in [-0.05, 0) is 89.5 Å². The minimum absolute atomic E-state index is 0.179. The highest BCUT2D eigenvalue weighted by Crippen LogP contribution is 2.36. The van der Waals surface area contributed by atoms with E-state index in [0.717, 1.165) is 9.13 Å². The number of carbonyl (C=O) groups is 3. The summed E-state index contributed by atoms with van der Waals surface area (Å²) in [6.45, 7) is 3.45. The number of hydrogen-bond donors (Lipinski definition) is 3. The maximum atomic E-state index is 12.6. The number of benzene rings is 3. The topological polar surface area (TPSA) is 146 Å². The second-order valence-corrected chi connectivity index (χ2v) is 11.3. The second-order valence-electron chi connectivity index (χ2n) is 9.74. The molecule has 3 aromatic carbocycles. The van der Waals surface area contributed by atoms with E-state index < -0.39 is 23.9 Å². The van der Waals surface area contributed by atoms with Crippen molar-refractivity contribution in [3.63, 3.8) is 0 Å². The number of rotatable bonds is 13. The molecule has 0 saturated carbocycles. The van der Waals surface area contributed by atoms with Crippen LogP contribution in [0.3, 0.4) is 0 Å². The Labute approximate surface area is 284 Å². The van der Waals surface area contributed by atoms with Gasteiger partial charge >= 0.3 is 12.0 Å². The molecule has 1 atom stereocenters. The zero-order valence-electron chi connectivity index (χ0n) is 25.4.